The molecule has 0 unspecified atom stereocenters. The van der Waals surface area contributed by atoms with Gasteiger partial charge in [-0.2, -0.15) is 0 Å². The summed E-state index contributed by atoms with van der Waals surface area (Å²) in [6.07, 6.45) is -0.807. The van der Waals surface area contributed by atoms with Crippen molar-refractivity contribution in [3.05, 3.63) is 23.8 Å². The lowest BCUT2D eigenvalue weighted by atomic mass is 10.1. The molecule has 7 heteroatoms. The van der Waals surface area contributed by atoms with Crippen molar-refractivity contribution in [1.29, 1.82) is 0 Å². The van der Waals surface area contributed by atoms with Gasteiger partial charge in [0, 0.05) is 19.0 Å². The van der Waals surface area contributed by atoms with Gasteiger partial charge in [0.15, 0.2) is 0 Å². The Kier molecular flexibility index (Phi) is 4.32. The molecule has 114 valence electrons. The first-order valence-electron chi connectivity index (χ1n) is 6.41. The molecule has 1 aromatic carbocycles. The van der Waals surface area contributed by atoms with Crippen LogP contribution in [0, 0.1) is 0 Å². The van der Waals surface area contributed by atoms with E-state index < -0.39 is 24.0 Å². The van der Waals surface area contributed by atoms with Crippen molar-refractivity contribution in [2.75, 3.05) is 20.8 Å². The van der Waals surface area contributed by atoms with Crippen molar-refractivity contribution >= 4 is 11.9 Å². The van der Waals surface area contributed by atoms with Gasteiger partial charge in [-0.25, -0.2) is 4.79 Å². The van der Waals surface area contributed by atoms with Crippen LogP contribution in [0.2, 0.25) is 0 Å². The number of likely N-dealkylation sites (tertiary alicyclic amines) is 1. The molecular weight excluding hydrogens is 278 g/mol. The quantitative estimate of drug-likeness (QED) is 0.833. The number of carbonyl (C=O) groups excluding carboxylic acids is 1. The largest absolute Gasteiger partial charge is 0.497 e. The molecule has 2 N–H and O–H groups in total. The number of hydrogen-bond donors (Lipinski definition) is 2. The fraction of sp³-hybridized carbons (Fsp3) is 0.429. The summed E-state index contributed by atoms with van der Waals surface area (Å²) in [7, 11) is 2.91. The van der Waals surface area contributed by atoms with E-state index in [0.717, 1.165) is 4.90 Å². The number of aliphatic hydroxyl groups excluding tert-OH is 1. The highest BCUT2D eigenvalue weighted by Gasteiger charge is 2.39. The summed E-state index contributed by atoms with van der Waals surface area (Å²) in [4.78, 5) is 24.9. The Labute approximate surface area is 121 Å². The molecule has 2 rings (SSSR count). The standard InChI is InChI=1S/C14H17NO6/c1-20-9-3-4-10(12(6-9)21-2)13(17)15-7-8(16)5-11(15)14(18)19/h3-4,6,8,11,16H,5,7H2,1-2H3,(H,18,19)/t8-,11+/m1/s1. The number of methoxy groups -OCH3 is 2. The van der Waals surface area contributed by atoms with Gasteiger partial charge in [0.2, 0.25) is 0 Å². The molecule has 1 amide bonds. The summed E-state index contributed by atoms with van der Waals surface area (Å²) in [6, 6.07) is 3.64. The number of carbonyl (C=O) groups is 2. The summed E-state index contributed by atoms with van der Waals surface area (Å²) in [5.41, 5.74) is 0.235. The van der Waals surface area contributed by atoms with Crippen LogP contribution in [0.4, 0.5) is 0 Å². The van der Waals surface area contributed by atoms with E-state index in [-0.39, 0.29) is 18.5 Å². The molecule has 1 saturated heterocycles. The number of hydrogen-bond acceptors (Lipinski definition) is 5. The Morgan fingerprint density at radius 3 is 2.57 bits per heavy atom. The molecule has 0 saturated carbocycles. The first-order chi connectivity index (χ1) is 9.97. The molecule has 21 heavy (non-hydrogen) atoms. The van der Waals surface area contributed by atoms with E-state index in [0.29, 0.717) is 11.5 Å². The summed E-state index contributed by atoms with van der Waals surface area (Å²) in [6.45, 7) is -0.00894. The van der Waals surface area contributed by atoms with Crippen LogP contribution in [0.3, 0.4) is 0 Å². The van der Waals surface area contributed by atoms with Crippen molar-refractivity contribution in [3.63, 3.8) is 0 Å². The number of aliphatic carboxylic acids is 1. The molecule has 1 heterocycles. The van der Waals surface area contributed by atoms with Gasteiger partial charge in [-0.3, -0.25) is 4.79 Å². The minimum absolute atomic E-state index is 0.00894. The van der Waals surface area contributed by atoms with Gasteiger partial charge in [0.25, 0.3) is 5.91 Å². The maximum Gasteiger partial charge on any atom is 0.326 e. The van der Waals surface area contributed by atoms with E-state index in [1.165, 1.54) is 20.3 Å². The lowest BCUT2D eigenvalue weighted by Crippen LogP contribution is -2.40. The molecule has 0 spiro atoms. The summed E-state index contributed by atoms with van der Waals surface area (Å²) in [5, 5.41) is 18.8. The normalized spacial score (nSPS) is 21.2. The smallest absolute Gasteiger partial charge is 0.326 e. The average molecular weight is 295 g/mol. The van der Waals surface area contributed by atoms with Crippen LogP contribution < -0.4 is 9.47 Å². The Bertz CT molecular complexity index is 558. The minimum Gasteiger partial charge on any atom is -0.497 e. The number of amides is 1. The second kappa shape index (κ2) is 6.01. The SMILES string of the molecule is COc1ccc(C(=O)N2C[C@H](O)C[C@H]2C(=O)O)c(OC)c1. The lowest BCUT2D eigenvalue weighted by Gasteiger charge is -2.22. The number of β-amino-alcohol motifs (C(OH)–C–C–N with tert-alkyl or cyclic N) is 1. The third-order valence-corrected chi connectivity index (χ3v) is 3.46. The van der Waals surface area contributed by atoms with Gasteiger partial charge in [-0.1, -0.05) is 0 Å². The van der Waals surface area contributed by atoms with Crippen LogP contribution in [-0.4, -0.2) is 59.9 Å². The molecule has 2 atom stereocenters. The Balaban J connectivity index is 2.33. The number of aliphatic hydroxyl groups is 1. The minimum atomic E-state index is -1.13. The van der Waals surface area contributed by atoms with E-state index in [1.807, 2.05) is 0 Å². The van der Waals surface area contributed by atoms with Crippen LogP contribution in [0.25, 0.3) is 0 Å². The Morgan fingerprint density at radius 1 is 1.29 bits per heavy atom. The van der Waals surface area contributed by atoms with Crippen LogP contribution in [0.1, 0.15) is 16.8 Å². The van der Waals surface area contributed by atoms with E-state index in [9.17, 15) is 14.7 Å². The van der Waals surface area contributed by atoms with Crippen LogP contribution in [-0.2, 0) is 4.79 Å². The summed E-state index contributed by atoms with van der Waals surface area (Å²) >= 11 is 0. The third kappa shape index (κ3) is 2.92. The van der Waals surface area contributed by atoms with Gasteiger partial charge in [0.1, 0.15) is 17.5 Å². The molecule has 0 aliphatic carbocycles. The predicted octanol–water partition coefficient (Wildman–Crippen LogP) is 0.364. The van der Waals surface area contributed by atoms with E-state index >= 15 is 0 Å². The zero-order chi connectivity index (χ0) is 15.6. The molecule has 7 nitrogen and oxygen atoms in total. The summed E-state index contributed by atoms with van der Waals surface area (Å²) in [5.74, 6) is -0.796. The van der Waals surface area contributed by atoms with E-state index in [1.54, 1.807) is 12.1 Å². The van der Waals surface area contributed by atoms with Gasteiger partial charge in [-0.15, -0.1) is 0 Å². The van der Waals surface area contributed by atoms with Crippen molar-refractivity contribution in [2.45, 2.75) is 18.6 Å². The van der Waals surface area contributed by atoms with Crippen molar-refractivity contribution in [2.24, 2.45) is 0 Å². The first-order valence-corrected chi connectivity index (χ1v) is 6.41. The second-order valence-electron chi connectivity index (χ2n) is 4.77. The fourth-order valence-corrected chi connectivity index (χ4v) is 2.40. The molecule has 0 aromatic heterocycles. The number of nitrogens with zero attached hydrogens (tertiary/aromatic N) is 1. The Hall–Kier alpha value is -2.28. The molecule has 1 fully saturated rings. The average Bonchev–Trinajstić information content (AvgIpc) is 2.88. The summed E-state index contributed by atoms with van der Waals surface area (Å²) < 4.78 is 10.2. The number of ether oxygens (including phenoxy) is 2. The highest BCUT2D eigenvalue weighted by molar-refractivity contribution is 5.99. The molecular formula is C14H17NO6. The van der Waals surface area contributed by atoms with Gasteiger partial charge < -0.3 is 24.6 Å². The van der Waals surface area contributed by atoms with Gasteiger partial charge >= 0.3 is 5.97 Å². The van der Waals surface area contributed by atoms with Crippen LogP contribution in [0.5, 0.6) is 11.5 Å². The third-order valence-electron chi connectivity index (χ3n) is 3.46. The van der Waals surface area contributed by atoms with Crippen LogP contribution >= 0.6 is 0 Å². The van der Waals surface area contributed by atoms with Crippen molar-refractivity contribution < 1.29 is 29.3 Å². The first kappa shape index (κ1) is 15.1. The fourth-order valence-electron chi connectivity index (χ4n) is 2.40. The molecule has 1 aromatic rings. The van der Waals surface area contributed by atoms with Crippen molar-refractivity contribution in [1.82, 2.24) is 4.90 Å². The monoisotopic (exact) mass is 295 g/mol. The maximum atomic E-state index is 12.5. The number of carboxylic acid groups (broad SMARTS) is 1. The van der Waals surface area contributed by atoms with Crippen molar-refractivity contribution in [3.8, 4) is 11.5 Å². The number of rotatable bonds is 4. The number of carboxylic acids is 1. The van der Waals surface area contributed by atoms with Crippen LogP contribution in [0.15, 0.2) is 18.2 Å². The molecule has 1 aliphatic rings. The van der Waals surface area contributed by atoms with Gasteiger partial charge in [0.05, 0.1) is 25.9 Å². The van der Waals surface area contributed by atoms with Gasteiger partial charge in [-0.05, 0) is 12.1 Å². The highest BCUT2D eigenvalue weighted by atomic mass is 16.5. The lowest BCUT2D eigenvalue weighted by molar-refractivity contribution is -0.141. The highest BCUT2D eigenvalue weighted by Crippen LogP contribution is 2.28. The Morgan fingerprint density at radius 2 is 2.00 bits per heavy atom. The molecule has 1 aliphatic heterocycles. The number of benzene rings is 1. The maximum absolute atomic E-state index is 12.5. The zero-order valence-electron chi connectivity index (χ0n) is 11.8. The molecule has 0 radical (unpaired) electrons. The predicted molar refractivity (Wildman–Crippen MR) is 72.6 cm³/mol. The molecule has 0 bridgehead atoms. The van der Waals surface area contributed by atoms with E-state index in [2.05, 4.69) is 0 Å². The second-order valence-corrected chi connectivity index (χ2v) is 4.77. The zero-order valence-corrected chi connectivity index (χ0v) is 11.8. The van der Waals surface area contributed by atoms with E-state index in [4.69, 9.17) is 14.6 Å². The topological polar surface area (TPSA) is 96.3 Å².